The minimum absolute atomic E-state index is 1.19. The molecule has 0 aliphatic rings. The molecule has 56 valence electrons. The SMILES string of the molecule is Cn1cc(-c2ccccc2)[nH]1. The number of aromatic nitrogens is 2. The molecule has 1 N–H and O–H groups in total. The van der Waals surface area contributed by atoms with Crippen molar-refractivity contribution in [2.75, 3.05) is 0 Å². The minimum atomic E-state index is 1.19. The fraction of sp³-hybridized carbons (Fsp3) is 0.111. The number of hydrogen-bond acceptors (Lipinski definition) is 0. The maximum absolute atomic E-state index is 3.15. The highest BCUT2D eigenvalue weighted by atomic mass is 15.3. The van der Waals surface area contributed by atoms with Crippen LogP contribution in [-0.4, -0.2) is 9.78 Å². The van der Waals surface area contributed by atoms with Gasteiger partial charge in [-0.25, -0.2) is 0 Å². The fourth-order valence-corrected chi connectivity index (χ4v) is 1.14. The summed E-state index contributed by atoms with van der Waals surface area (Å²) < 4.78 is 1.93. The standard InChI is InChI=1S/C9H10N2/c1-11-7-9(10-11)8-5-3-2-4-6-8/h2-7,10H,1H3. The van der Waals surface area contributed by atoms with Crippen molar-refractivity contribution >= 4 is 0 Å². The number of benzene rings is 1. The van der Waals surface area contributed by atoms with Crippen LogP contribution in [0.25, 0.3) is 11.3 Å². The Kier molecular flexibility index (Phi) is 1.32. The largest absolute Gasteiger partial charge is 0.297 e. The van der Waals surface area contributed by atoms with E-state index in [9.17, 15) is 0 Å². The molecule has 0 radical (unpaired) electrons. The highest BCUT2D eigenvalue weighted by molar-refractivity contribution is 5.58. The van der Waals surface area contributed by atoms with Crippen LogP contribution >= 0.6 is 0 Å². The summed E-state index contributed by atoms with van der Waals surface area (Å²) in [6.45, 7) is 0. The smallest absolute Gasteiger partial charge is 0.0792 e. The first-order valence-electron chi connectivity index (χ1n) is 3.63. The van der Waals surface area contributed by atoms with Crippen LogP contribution in [0.1, 0.15) is 0 Å². The van der Waals surface area contributed by atoms with Crippen LogP contribution in [0.2, 0.25) is 0 Å². The molecule has 0 aliphatic carbocycles. The van der Waals surface area contributed by atoms with E-state index in [2.05, 4.69) is 23.4 Å². The van der Waals surface area contributed by atoms with Gasteiger partial charge in [0.25, 0.3) is 0 Å². The van der Waals surface area contributed by atoms with Crippen molar-refractivity contribution in [3.05, 3.63) is 36.5 Å². The second-order valence-electron chi connectivity index (χ2n) is 2.63. The Morgan fingerprint density at radius 2 is 1.82 bits per heavy atom. The molecule has 2 nitrogen and oxygen atoms in total. The normalized spacial score (nSPS) is 10.3. The summed E-state index contributed by atoms with van der Waals surface area (Å²) in [5.74, 6) is 0. The van der Waals surface area contributed by atoms with Crippen LogP contribution in [0.3, 0.4) is 0 Å². The molecule has 1 aromatic carbocycles. The van der Waals surface area contributed by atoms with Gasteiger partial charge in [-0.2, -0.15) is 0 Å². The maximum atomic E-state index is 3.15. The van der Waals surface area contributed by atoms with Crippen LogP contribution in [0.15, 0.2) is 36.5 Å². The Balaban J connectivity index is 2.35. The molecule has 2 rings (SSSR count). The second kappa shape index (κ2) is 2.31. The molecule has 0 bridgehead atoms. The first-order chi connectivity index (χ1) is 5.36. The highest BCUT2D eigenvalue weighted by Gasteiger charge is 1.98. The first kappa shape index (κ1) is 6.28. The molecular formula is C9H10N2. The molecule has 0 fully saturated rings. The first-order valence-corrected chi connectivity index (χ1v) is 3.63. The van der Waals surface area contributed by atoms with Crippen LogP contribution in [-0.2, 0) is 7.05 Å². The van der Waals surface area contributed by atoms with Crippen molar-refractivity contribution in [3.63, 3.8) is 0 Å². The van der Waals surface area contributed by atoms with Gasteiger partial charge >= 0.3 is 0 Å². The molecule has 11 heavy (non-hydrogen) atoms. The maximum Gasteiger partial charge on any atom is 0.0792 e. The van der Waals surface area contributed by atoms with E-state index in [1.807, 2.05) is 29.9 Å². The van der Waals surface area contributed by atoms with Gasteiger partial charge in [0.15, 0.2) is 0 Å². The van der Waals surface area contributed by atoms with Crippen molar-refractivity contribution in [1.82, 2.24) is 9.78 Å². The molecule has 0 amide bonds. The van der Waals surface area contributed by atoms with Crippen molar-refractivity contribution < 1.29 is 0 Å². The second-order valence-corrected chi connectivity index (χ2v) is 2.63. The Labute approximate surface area is 65.5 Å². The molecule has 1 aromatic heterocycles. The molecule has 0 spiro atoms. The van der Waals surface area contributed by atoms with E-state index in [1.54, 1.807) is 0 Å². The van der Waals surface area contributed by atoms with Crippen molar-refractivity contribution in [1.29, 1.82) is 0 Å². The molecule has 0 unspecified atom stereocenters. The zero-order valence-corrected chi connectivity index (χ0v) is 6.41. The number of aromatic amines is 1. The number of nitrogens with zero attached hydrogens (tertiary/aromatic N) is 1. The highest BCUT2D eigenvalue weighted by Crippen LogP contribution is 2.16. The van der Waals surface area contributed by atoms with Crippen LogP contribution in [0.5, 0.6) is 0 Å². The van der Waals surface area contributed by atoms with E-state index < -0.39 is 0 Å². The van der Waals surface area contributed by atoms with E-state index in [-0.39, 0.29) is 0 Å². The average molecular weight is 146 g/mol. The Morgan fingerprint density at radius 1 is 1.18 bits per heavy atom. The van der Waals surface area contributed by atoms with Crippen molar-refractivity contribution in [3.8, 4) is 11.3 Å². The lowest BCUT2D eigenvalue weighted by molar-refractivity contribution is 0.699. The van der Waals surface area contributed by atoms with E-state index in [4.69, 9.17) is 0 Å². The predicted octanol–water partition coefficient (Wildman–Crippen LogP) is 2.02. The van der Waals surface area contributed by atoms with Gasteiger partial charge < -0.3 is 0 Å². The molecule has 0 aliphatic heterocycles. The molecule has 0 saturated carbocycles. The summed E-state index contributed by atoms with van der Waals surface area (Å²) >= 11 is 0. The average Bonchev–Trinajstić information content (AvgIpc) is 2.01. The van der Waals surface area contributed by atoms with Gasteiger partial charge in [-0.15, -0.1) is 0 Å². The van der Waals surface area contributed by atoms with Gasteiger partial charge in [0.2, 0.25) is 0 Å². The van der Waals surface area contributed by atoms with Gasteiger partial charge in [-0.3, -0.25) is 9.78 Å². The van der Waals surface area contributed by atoms with E-state index in [0.717, 1.165) is 0 Å². The number of nitrogens with one attached hydrogen (secondary N) is 1. The topological polar surface area (TPSA) is 20.7 Å². The quantitative estimate of drug-likeness (QED) is 0.635. The van der Waals surface area contributed by atoms with Gasteiger partial charge in [0.05, 0.1) is 5.69 Å². The Morgan fingerprint density at radius 3 is 2.36 bits per heavy atom. The third kappa shape index (κ3) is 1.07. The van der Waals surface area contributed by atoms with E-state index >= 15 is 0 Å². The lowest BCUT2D eigenvalue weighted by Crippen LogP contribution is -2.04. The lowest BCUT2D eigenvalue weighted by Gasteiger charge is -2.10. The van der Waals surface area contributed by atoms with Gasteiger partial charge in [-0.1, -0.05) is 30.3 Å². The summed E-state index contributed by atoms with van der Waals surface area (Å²) in [5.41, 5.74) is 2.43. The van der Waals surface area contributed by atoms with Crippen LogP contribution in [0.4, 0.5) is 0 Å². The summed E-state index contributed by atoms with van der Waals surface area (Å²) in [5, 5.41) is 3.15. The number of rotatable bonds is 1. The molecule has 1 heterocycles. The van der Waals surface area contributed by atoms with Crippen LogP contribution in [0, 0.1) is 0 Å². The molecule has 0 saturated heterocycles. The molecule has 2 heteroatoms. The third-order valence-corrected chi connectivity index (χ3v) is 1.70. The van der Waals surface area contributed by atoms with Gasteiger partial charge in [-0.05, 0) is 0 Å². The fourth-order valence-electron chi connectivity index (χ4n) is 1.14. The zero-order valence-electron chi connectivity index (χ0n) is 6.41. The van der Waals surface area contributed by atoms with Gasteiger partial charge in [0.1, 0.15) is 0 Å². The summed E-state index contributed by atoms with van der Waals surface area (Å²) in [4.78, 5) is 0. The molecular weight excluding hydrogens is 136 g/mol. The Hall–Kier alpha value is -1.44. The number of aryl methyl sites for hydroxylation is 1. The number of H-pyrrole nitrogens is 1. The zero-order chi connectivity index (χ0) is 7.68. The monoisotopic (exact) mass is 146 g/mol. The number of hydrogen-bond donors (Lipinski definition) is 1. The van der Waals surface area contributed by atoms with E-state index in [1.165, 1.54) is 11.3 Å². The molecule has 0 atom stereocenters. The lowest BCUT2D eigenvalue weighted by atomic mass is 10.2. The summed E-state index contributed by atoms with van der Waals surface area (Å²) in [7, 11) is 1.98. The Bertz CT molecular complexity index is 317. The summed E-state index contributed by atoms with van der Waals surface area (Å²) in [6.07, 6.45) is 2.06. The summed E-state index contributed by atoms with van der Waals surface area (Å²) in [6, 6.07) is 10.3. The third-order valence-electron chi connectivity index (χ3n) is 1.70. The minimum Gasteiger partial charge on any atom is -0.297 e. The predicted molar refractivity (Wildman–Crippen MR) is 45.2 cm³/mol. The van der Waals surface area contributed by atoms with Crippen molar-refractivity contribution in [2.45, 2.75) is 0 Å². The van der Waals surface area contributed by atoms with Crippen LogP contribution < -0.4 is 0 Å². The van der Waals surface area contributed by atoms with Crippen molar-refractivity contribution in [2.24, 2.45) is 7.05 Å². The molecule has 2 aromatic rings. The van der Waals surface area contributed by atoms with E-state index in [0.29, 0.717) is 0 Å². The van der Waals surface area contributed by atoms with Gasteiger partial charge in [0, 0.05) is 18.8 Å².